The Labute approximate surface area is 252 Å². The number of nitrogens with zero attached hydrogens (tertiary/aromatic N) is 5. The third-order valence-electron chi connectivity index (χ3n) is 7.46. The smallest absolute Gasteiger partial charge is 0.264 e. The molecule has 0 unspecified atom stereocenters. The molecule has 10 heteroatoms. The Morgan fingerprint density at radius 1 is 1.07 bits per heavy atom. The van der Waals surface area contributed by atoms with E-state index in [0.29, 0.717) is 36.3 Å². The summed E-state index contributed by atoms with van der Waals surface area (Å²) >= 11 is 3.50. The van der Waals surface area contributed by atoms with Gasteiger partial charge in [0.2, 0.25) is 6.41 Å². The lowest BCUT2D eigenvalue weighted by atomic mass is 9.83. The van der Waals surface area contributed by atoms with Gasteiger partial charge < -0.3 is 15.1 Å². The van der Waals surface area contributed by atoms with Crippen LogP contribution in [0, 0.1) is 5.92 Å². The number of halogens is 1. The van der Waals surface area contributed by atoms with Gasteiger partial charge in [-0.15, -0.1) is 5.10 Å². The van der Waals surface area contributed by atoms with Crippen molar-refractivity contribution in [3.8, 4) is 0 Å². The Kier molecular flexibility index (Phi) is 8.96. The van der Waals surface area contributed by atoms with Gasteiger partial charge in [-0.2, -0.15) is 0 Å². The largest absolute Gasteiger partial charge is 0.396 e. The van der Waals surface area contributed by atoms with Crippen LogP contribution in [0.3, 0.4) is 0 Å². The number of amides is 2. The molecule has 2 heterocycles. The molecule has 0 fully saturated rings. The van der Waals surface area contributed by atoms with Gasteiger partial charge in [-0.1, -0.05) is 70.6 Å². The third kappa shape index (κ3) is 5.92. The van der Waals surface area contributed by atoms with Crippen LogP contribution in [0.4, 0.5) is 17.1 Å². The minimum atomic E-state index is -1.76. The van der Waals surface area contributed by atoms with Crippen molar-refractivity contribution in [2.45, 2.75) is 38.5 Å². The van der Waals surface area contributed by atoms with Crippen molar-refractivity contribution >= 4 is 45.3 Å². The molecule has 0 spiro atoms. The van der Waals surface area contributed by atoms with Gasteiger partial charge in [0, 0.05) is 53.1 Å². The van der Waals surface area contributed by atoms with E-state index in [9.17, 15) is 14.7 Å². The van der Waals surface area contributed by atoms with E-state index in [4.69, 9.17) is 5.11 Å². The number of carbonyl (C=O) groups excluding carboxylic acids is 2. The van der Waals surface area contributed by atoms with Crippen LogP contribution in [0.25, 0.3) is 0 Å². The molecule has 0 aliphatic carbocycles. The first-order valence-electron chi connectivity index (χ1n) is 13.7. The number of benzene rings is 3. The Morgan fingerprint density at radius 3 is 2.62 bits per heavy atom. The zero-order chi connectivity index (χ0) is 29.7. The Morgan fingerprint density at radius 2 is 1.86 bits per heavy atom. The number of aromatic nitrogens is 3. The molecule has 42 heavy (non-hydrogen) atoms. The summed E-state index contributed by atoms with van der Waals surface area (Å²) in [6, 6.07) is 22.3. The molecule has 0 saturated heterocycles. The van der Waals surface area contributed by atoms with E-state index < -0.39 is 17.4 Å². The van der Waals surface area contributed by atoms with E-state index in [1.54, 1.807) is 26.7 Å². The summed E-state index contributed by atoms with van der Waals surface area (Å²) in [7, 11) is 0. The summed E-state index contributed by atoms with van der Waals surface area (Å²) in [5, 5.41) is 29.2. The molecule has 0 radical (unpaired) electrons. The summed E-state index contributed by atoms with van der Waals surface area (Å²) in [4.78, 5) is 29.1. The number of aliphatic hydroxyl groups excluding tert-OH is 1. The average molecular weight is 631 g/mol. The van der Waals surface area contributed by atoms with E-state index in [0.717, 1.165) is 27.8 Å². The molecule has 9 nitrogen and oxygen atoms in total. The minimum absolute atomic E-state index is 0.0215. The van der Waals surface area contributed by atoms with E-state index >= 15 is 0 Å². The first-order valence-corrected chi connectivity index (χ1v) is 14.5. The molecule has 2 atom stereocenters. The number of aryl methyl sites for hydroxylation is 1. The average Bonchev–Trinajstić information content (AvgIpc) is 3.53. The number of allylic oxidation sites excluding steroid dienone is 1. The number of aliphatic hydroxyl groups is 2. The van der Waals surface area contributed by atoms with Crippen LogP contribution in [0.5, 0.6) is 0 Å². The predicted molar refractivity (Wildman–Crippen MR) is 164 cm³/mol. The topological polar surface area (TPSA) is 112 Å². The second-order valence-electron chi connectivity index (χ2n) is 10.3. The van der Waals surface area contributed by atoms with Crippen LogP contribution in [0.2, 0.25) is 0 Å². The maximum Gasteiger partial charge on any atom is 0.264 e. The molecule has 0 bridgehead atoms. The van der Waals surface area contributed by atoms with Crippen LogP contribution >= 0.6 is 15.9 Å². The standard InChI is InChI=1S/C32H32BrN5O4/c1-23(8-5-6-16-36-21-26(15-17-39)34-35-36)32(42)29-19-25(33)13-14-30(29)37(31(32)41)20-24-9-7-12-28(18-24)38(22-40)27-10-3-2-4-11-27/h2-5,7-14,18-19,21-23,39,42H,6,15-17,20H2,1H3/b8-5+/t23-,32+/m0/s1. The second kappa shape index (κ2) is 12.8. The van der Waals surface area contributed by atoms with Crippen molar-refractivity contribution in [2.75, 3.05) is 16.4 Å². The SMILES string of the molecule is C[C@@H](/C=C/CCn1cc(CCO)nn1)[C@]1(O)C(=O)N(Cc2cccc(N(C=O)c3ccccc3)c2)c2ccc(Br)cc21. The molecule has 0 saturated carbocycles. The quantitative estimate of drug-likeness (QED) is 0.171. The molecule has 1 aromatic heterocycles. The van der Waals surface area contributed by atoms with Crippen molar-refractivity contribution in [1.82, 2.24) is 15.0 Å². The van der Waals surface area contributed by atoms with E-state index in [-0.39, 0.29) is 13.2 Å². The van der Waals surface area contributed by atoms with Gasteiger partial charge in [-0.25, -0.2) is 0 Å². The molecule has 2 N–H and O–H groups in total. The molecule has 4 aromatic rings. The number of hydrogen-bond acceptors (Lipinski definition) is 6. The fourth-order valence-electron chi connectivity index (χ4n) is 5.25. The summed E-state index contributed by atoms with van der Waals surface area (Å²) in [5.41, 5.74) is 2.39. The van der Waals surface area contributed by atoms with Gasteiger partial charge in [-0.3, -0.25) is 19.2 Å². The van der Waals surface area contributed by atoms with Crippen LogP contribution < -0.4 is 9.80 Å². The lowest BCUT2D eigenvalue weighted by Gasteiger charge is -2.28. The highest BCUT2D eigenvalue weighted by Crippen LogP contribution is 2.47. The monoisotopic (exact) mass is 629 g/mol. The Hall–Kier alpha value is -4.12. The van der Waals surface area contributed by atoms with Crippen LogP contribution in [0.1, 0.15) is 30.2 Å². The van der Waals surface area contributed by atoms with Gasteiger partial charge >= 0.3 is 0 Å². The maximum absolute atomic E-state index is 14.0. The normalized spacial score (nSPS) is 17.0. The van der Waals surface area contributed by atoms with Gasteiger partial charge in [0.1, 0.15) is 0 Å². The zero-order valence-corrected chi connectivity index (χ0v) is 24.8. The van der Waals surface area contributed by atoms with Crippen molar-refractivity contribution in [1.29, 1.82) is 0 Å². The van der Waals surface area contributed by atoms with Gasteiger partial charge in [0.25, 0.3) is 5.91 Å². The second-order valence-corrected chi connectivity index (χ2v) is 11.2. The molecular weight excluding hydrogens is 598 g/mol. The fraction of sp³-hybridized carbons (Fsp3) is 0.250. The summed E-state index contributed by atoms with van der Waals surface area (Å²) in [6.45, 7) is 2.66. The highest BCUT2D eigenvalue weighted by Gasteiger charge is 2.52. The fourth-order valence-corrected chi connectivity index (χ4v) is 5.61. The Bertz CT molecular complexity index is 1590. The van der Waals surface area contributed by atoms with E-state index in [2.05, 4.69) is 26.2 Å². The highest BCUT2D eigenvalue weighted by atomic mass is 79.9. The number of anilines is 3. The van der Waals surface area contributed by atoms with Crippen LogP contribution in [-0.4, -0.2) is 44.1 Å². The summed E-state index contributed by atoms with van der Waals surface area (Å²) in [5.74, 6) is -0.919. The Balaban J connectivity index is 1.36. The third-order valence-corrected chi connectivity index (χ3v) is 7.96. The van der Waals surface area contributed by atoms with Crippen molar-refractivity contribution in [3.63, 3.8) is 0 Å². The first-order chi connectivity index (χ1) is 20.3. The van der Waals surface area contributed by atoms with Gasteiger partial charge in [0.15, 0.2) is 5.60 Å². The number of carbonyl (C=O) groups is 2. The zero-order valence-electron chi connectivity index (χ0n) is 23.2. The first kappa shape index (κ1) is 29.4. The summed E-state index contributed by atoms with van der Waals surface area (Å²) in [6.07, 6.45) is 7.46. The van der Waals surface area contributed by atoms with Gasteiger partial charge in [-0.05, 0) is 54.4 Å². The number of hydrogen-bond donors (Lipinski definition) is 2. The number of para-hydroxylation sites is 1. The van der Waals surface area contributed by atoms with Crippen LogP contribution in [-0.2, 0) is 34.7 Å². The molecule has 5 rings (SSSR count). The lowest BCUT2D eigenvalue weighted by Crippen LogP contribution is -2.44. The lowest BCUT2D eigenvalue weighted by molar-refractivity contribution is -0.139. The van der Waals surface area contributed by atoms with Crippen molar-refractivity contribution in [2.24, 2.45) is 5.92 Å². The van der Waals surface area contributed by atoms with Crippen LogP contribution in [0.15, 0.2) is 95.6 Å². The minimum Gasteiger partial charge on any atom is -0.396 e. The molecule has 216 valence electrons. The predicted octanol–water partition coefficient (Wildman–Crippen LogP) is 4.89. The molecule has 1 aliphatic rings. The summed E-state index contributed by atoms with van der Waals surface area (Å²) < 4.78 is 2.48. The van der Waals surface area contributed by atoms with Crippen molar-refractivity contribution in [3.05, 3.63) is 112 Å². The maximum atomic E-state index is 14.0. The number of rotatable bonds is 12. The van der Waals surface area contributed by atoms with E-state index in [1.807, 2.05) is 85.8 Å². The number of fused-ring (bicyclic) bond motifs is 1. The molecule has 3 aromatic carbocycles. The van der Waals surface area contributed by atoms with Crippen molar-refractivity contribution < 1.29 is 19.8 Å². The molecular formula is C32H32BrN5O4. The molecule has 2 amide bonds. The van der Waals surface area contributed by atoms with Gasteiger partial charge in [0.05, 0.1) is 17.9 Å². The highest BCUT2D eigenvalue weighted by molar-refractivity contribution is 9.10. The van der Waals surface area contributed by atoms with E-state index in [1.165, 1.54) is 0 Å². The molecule has 1 aliphatic heterocycles.